The van der Waals surface area contributed by atoms with Gasteiger partial charge in [-0.05, 0) is 37.6 Å². The maximum Gasteiger partial charge on any atom is 0.269 e. The van der Waals surface area contributed by atoms with Gasteiger partial charge in [-0.15, -0.1) is 0 Å². The van der Waals surface area contributed by atoms with E-state index in [2.05, 4.69) is 10.2 Å². The number of carbonyl (C=O) groups is 1. The van der Waals surface area contributed by atoms with E-state index in [1.54, 1.807) is 23.6 Å². The van der Waals surface area contributed by atoms with Gasteiger partial charge in [0.25, 0.3) is 11.2 Å². The molecule has 1 N–H and O–H groups in total. The Balaban J connectivity index is 1.49. The van der Waals surface area contributed by atoms with Crippen LogP contribution in [-0.4, -0.2) is 63.4 Å². The molecule has 0 spiro atoms. The molecule has 1 aromatic heterocycles. The summed E-state index contributed by atoms with van der Waals surface area (Å²) in [5, 5.41) is 14.1. The predicted molar refractivity (Wildman–Crippen MR) is 135 cm³/mol. The van der Waals surface area contributed by atoms with Crippen LogP contribution in [0.15, 0.2) is 58.5 Å². The molecule has 3 aromatic rings. The zero-order valence-electron chi connectivity index (χ0n) is 19.4. The van der Waals surface area contributed by atoms with Gasteiger partial charge >= 0.3 is 0 Å². The Bertz CT molecular complexity index is 1260. The molecule has 1 aliphatic rings. The first-order chi connectivity index (χ1) is 16.9. The molecule has 1 saturated heterocycles. The molecule has 1 fully saturated rings. The first kappa shape index (κ1) is 24.8. The molecular weight excluding hydrogens is 470 g/mol. The Labute approximate surface area is 206 Å². The van der Waals surface area contributed by atoms with Crippen LogP contribution >= 0.6 is 11.8 Å². The Morgan fingerprint density at radius 1 is 1.17 bits per heavy atom. The second kappa shape index (κ2) is 11.4. The van der Waals surface area contributed by atoms with Crippen molar-refractivity contribution in [2.24, 2.45) is 0 Å². The van der Waals surface area contributed by atoms with Crippen LogP contribution in [0.2, 0.25) is 0 Å². The van der Waals surface area contributed by atoms with E-state index in [9.17, 15) is 19.7 Å². The smallest absolute Gasteiger partial charge is 0.269 e. The van der Waals surface area contributed by atoms with Crippen LogP contribution in [0.5, 0.6) is 0 Å². The van der Waals surface area contributed by atoms with Gasteiger partial charge in [-0.1, -0.05) is 23.9 Å². The van der Waals surface area contributed by atoms with Gasteiger partial charge in [-0.25, -0.2) is 4.98 Å². The molecule has 1 unspecified atom stereocenters. The van der Waals surface area contributed by atoms with Crippen LogP contribution in [0.4, 0.5) is 11.4 Å². The van der Waals surface area contributed by atoms with E-state index in [1.807, 2.05) is 12.1 Å². The molecule has 2 heterocycles. The molecule has 1 aliphatic heterocycles. The molecule has 184 valence electrons. The molecule has 0 saturated carbocycles. The maximum absolute atomic E-state index is 13.3. The van der Waals surface area contributed by atoms with E-state index in [0.29, 0.717) is 28.3 Å². The van der Waals surface area contributed by atoms with Crippen molar-refractivity contribution in [3.05, 3.63) is 69.0 Å². The van der Waals surface area contributed by atoms with Crippen molar-refractivity contribution >= 4 is 39.9 Å². The summed E-state index contributed by atoms with van der Waals surface area (Å²) in [5.41, 5.74) is 0.879. The van der Waals surface area contributed by atoms with Crippen molar-refractivity contribution in [1.82, 2.24) is 14.5 Å². The third-order valence-corrected chi connectivity index (χ3v) is 6.87. The number of rotatable bonds is 9. The zero-order chi connectivity index (χ0) is 24.8. The first-order valence-electron chi connectivity index (χ1n) is 11.4. The Hall–Kier alpha value is -3.28. The molecule has 35 heavy (non-hydrogen) atoms. The van der Waals surface area contributed by atoms with Crippen LogP contribution in [0.3, 0.4) is 0 Å². The highest BCUT2D eigenvalue weighted by Crippen LogP contribution is 2.24. The number of nitrogens with one attached hydrogen (secondary N) is 1. The molecule has 10 nitrogen and oxygen atoms in total. The van der Waals surface area contributed by atoms with Crippen LogP contribution in [0.25, 0.3) is 10.9 Å². The van der Waals surface area contributed by atoms with Gasteiger partial charge in [0.05, 0.1) is 34.3 Å². The van der Waals surface area contributed by atoms with Crippen molar-refractivity contribution in [3.8, 4) is 0 Å². The lowest BCUT2D eigenvalue weighted by atomic mass is 10.2. The number of morpholine rings is 1. The Kier molecular flexibility index (Phi) is 8.11. The summed E-state index contributed by atoms with van der Waals surface area (Å²) in [5.74, 6) is -0.286. The first-order valence-corrected chi connectivity index (χ1v) is 12.3. The van der Waals surface area contributed by atoms with Crippen LogP contribution in [0, 0.1) is 10.1 Å². The minimum atomic E-state index is -0.552. The molecule has 1 amide bonds. The second-order valence-corrected chi connectivity index (χ2v) is 9.54. The van der Waals surface area contributed by atoms with Crippen LogP contribution in [0.1, 0.15) is 13.3 Å². The average Bonchev–Trinajstić information content (AvgIpc) is 2.86. The largest absolute Gasteiger partial charge is 0.379 e. The number of thioether (sulfide) groups is 1. The number of para-hydroxylation sites is 1. The van der Waals surface area contributed by atoms with Crippen LogP contribution in [-0.2, 0) is 16.1 Å². The highest BCUT2D eigenvalue weighted by molar-refractivity contribution is 8.00. The summed E-state index contributed by atoms with van der Waals surface area (Å²) in [6.45, 7) is 6.29. The van der Waals surface area contributed by atoms with Crippen LogP contribution < -0.4 is 10.9 Å². The second-order valence-electron chi connectivity index (χ2n) is 8.23. The minimum Gasteiger partial charge on any atom is -0.379 e. The number of hydrogen-bond donors (Lipinski definition) is 1. The minimum absolute atomic E-state index is 0.0492. The summed E-state index contributed by atoms with van der Waals surface area (Å²) in [6.07, 6.45) is 0.775. The van der Waals surface area contributed by atoms with E-state index in [0.717, 1.165) is 39.3 Å². The Morgan fingerprint density at radius 2 is 1.89 bits per heavy atom. The maximum atomic E-state index is 13.3. The topological polar surface area (TPSA) is 120 Å². The van der Waals surface area contributed by atoms with Gasteiger partial charge in [-0.3, -0.25) is 29.2 Å². The van der Waals surface area contributed by atoms with Crippen molar-refractivity contribution in [2.45, 2.75) is 30.3 Å². The van der Waals surface area contributed by atoms with E-state index < -0.39 is 10.2 Å². The molecule has 0 aliphatic carbocycles. The SMILES string of the molecule is CC(Sc1nc2ccccc2c(=O)n1CCCN1CCOCC1)C(=O)Nc1ccc([N+](=O)[O-])cc1. The molecule has 4 rings (SSSR count). The van der Waals surface area contributed by atoms with Crippen molar-refractivity contribution in [3.63, 3.8) is 0 Å². The number of fused-ring (bicyclic) bond motifs is 1. The van der Waals surface area contributed by atoms with Crippen molar-refractivity contribution < 1.29 is 14.5 Å². The number of non-ortho nitro benzene ring substituents is 1. The summed E-state index contributed by atoms with van der Waals surface area (Å²) in [4.78, 5) is 43.5. The van der Waals surface area contributed by atoms with Crippen molar-refractivity contribution in [2.75, 3.05) is 38.2 Å². The number of nitro groups is 1. The third kappa shape index (κ3) is 6.24. The molecular formula is C24H27N5O5S. The number of nitro benzene ring substituents is 1. The number of aromatic nitrogens is 2. The van der Waals surface area contributed by atoms with E-state index in [-0.39, 0.29) is 17.2 Å². The number of amides is 1. The van der Waals surface area contributed by atoms with Crippen molar-refractivity contribution in [1.29, 1.82) is 0 Å². The monoisotopic (exact) mass is 497 g/mol. The normalized spacial score (nSPS) is 15.1. The van der Waals surface area contributed by atoms with Gasteiger partial charge < -0.3 is 10.1 Å². The summed E-state index contributed by atoms with van der Waals surface area (Å²) < 4.78 is 7.05. The lowest BCUT2D eigenvalue weighted by Crippen LogP contribution is -2.37. The number of anilines is 1. The Morgan fingerprint density at radius 3 is 2.60 bits per heavy atom. The molecule has 0 bridgehead atoms. The number of ether oxygens (including phenoxy) is 1. The van der Waals surface area contributed by atoms with E-state index in [1.165, 1.54) is 36.0 Å². The standard InChI is InChI=1S/C24H27N5O5S/c1-17(22(30)25-18-7-9-19(10-8-18)29(32)33)35-24-26-21-6-3-2-5-20(21)23(31)28(24)12-4-11-27-13-15-34-16-14-27/h2-3,5-10,17H,4,11-16H2,1H3,(H,25,30). The zero-order valence-corrected chi connectivity index (χ0v) is 20.2. The molecule has 11 heteroatoms. The third-order valence-electron chi connectivity index (χ3n) is 5.78. The van der Waals surface area contributed by atoms with E-state index >= 15 is 0 Å². The van der Waals surface area contributed by atoms with Gasteiger partial charge in [0.1, 0.15) is 0 Å². The van der Waals surface area contributed by atoms with Gasteiger partial charge in [0, 0.05) is 44.0 Å². The lowest BCUT2D eigenvalue weighted by Gasteiger charge is -2.26. The molecule has 2 aromatic carbocycles. The summed E-state index contributed by atoms with van der Waals surface area (Å²) in [6, 6.07) is 12.9. The highest BCUT2D eigenvalue weighted by Gasteiger charge is 2.20. The summed E-state index contributed by atoms with van der Waals surface area (Å²) >= 11 is 1.22. The number of benzene rings is 2. The van der Waals surface area contributed by atoms with Gasteiger partial charge in [0.15, 0.2) is 5.16 Å². The lowest BCUT2D eigenvalue weighted by molar-refractivity contribution is -0.384. The number of carbonyl (C=O) groups excluding carboxylic acids is 1. The quantitative estimate of drug-likeness (QED) is 0.207. The fraction of sp³-hybridized carbons (Fsp3) is 0.375. The average molecular weight is 498 g/mol. The fourth-order valence-corrected chi connectivity index (χ4v) is 4.77. The predicted octanol–water partition coefficient (Wildman–Crippen LogP) is 3.15. The molecule has 0 radical (unpaired) electrons. The molecule has 1 atom stereocenters. The fourth-order valence-electron chi connectivity index (χ4n) is 3.83. The number of nitrogens with zero attached hydrogens (tertiary/aromatic N) is 4. The van der Waals surface area contributed by atoms with Gasteiger partial charge in [0.2, 0.25) is 5.91 Å². The van der Waals surface area contributed by atoms with E-state index in [4.69, 9.17) is 9.72 Å². The van der Waals surface area contributed by atoms with Gasteiger partial charge in [-0.2, -0.15) is 0 Å². The highest BCUT2D eigenvalue weighted by atomic mass is 32.2. The number of hydrogen-bond acceptors (Lipinski definition) is 8. The summed E-state index contributed by atoms with van der Waals surface area (Å²) in [7, 11) is 0.